The van der Waals surface area contributed by atoms with Gasteiger partial charge in [0.05, 0.1) is 0 Å². The molecule has 106 valence electrons. The number of hydrogen-bond donors (Lipinski definition) is 1. The molecular formula is C16H32N2. The van der Waals surface area contributed by atoms with Crippen LogP contribution in [-0.2, 0) is 0 Å². The Bertz CT molecular complexity index is 256. The van der Waals surface area contributed by atoms with Crippen molar-refractivity contribution in [1.29, 1.82) is 0 Å². The normalized spacial score (nSPS) is 35.0. The standard InChI is InChI=1S/C16H32N2/c1-13-6-5-10-18(11-9-13)15-8-7-14(15)12-17-16(2,3)4/h13-15,17H,5-12H2,1-4H3. The summed E-state index contributed by atoms with van der Waals surface area (Å²) in [5.41, 5.74) is 0.271. The zero-order valence-electron chi connectivity index (χ0n) is 12.8. The van der Waals surface area contributed by atoms with E-state index in [0.29, 0.717) is 0 Å². The fraction of sp³-hybridized carbons (Fsp3) is 1.00. The molecule has 1 heterocycles. The molecule has 1 saturated carbocycles. The van der Waals surface area contributed by atoms with Crippen molar-refractivity contribution in [3.63, 3.8) is 0 Å². The maximum Gasteiger partial charge on any atom is 0.0136 e. The first kappa shape index (κ1) is 14.3. The molecule has 3 unspecified atom stereocenters. The smallest absolute Gasteiger partial charge is 0.0136 e. The van der Waals surface area contributed by atoms with Crippen LogP contribution < -0.4 is 5.32 Å². The highest BCUT2D eigenvalue weighted by molar-refractivity contribution is 4.92. The van der Waals surface area contributed by atoms with Crippen molar-refractivity contribution in [3.8, 4) is 0 Å². The van der Waals surface area contributed by atoms with Crippen LogP contribution in [0.15, 0.2) is 0 Å². The van der Waals surface area contributed by atoms with Crippen molar-refractivity contribution < 1.29 is 0 Å². The van der Waals surface area contributed by atoms with E-state index in [9.17, 15) is 0 Å². The van der Waals surface area contributed by atoms with E-state index in [1.807, 2.05) is 0 Å². The van der Waals surface area contributed by atoms with Gasteiger partial charge in [0, 0.05) is 11.6 Å². The summed E-state index contributed by atoms with van der Waals surface area (Å²) in [5.74, 6) is 1.85. The number of nitrogens with one attached hydrogen (secondary N) is 1. The van der Waals surface area contributed by atoms with Crippen LogP contribution in [-0.4, -0.2) is 36.1 Å². The third-order valence-electron chi connectivity index (χ3n) is 4.79. The second-order valence-electron chi connectivity index (χ2n) is 7.61. The summed E-state index contributed by atoms with van der Waals surface area (Å²) in [4.78, 5) is 2.79. The SMILES string of the molecule is CC1CCCN(C2CCC2CNC(C)(C)C)CC1. The van der Waals surface area contributed by atoms with Gasteiger partial charge in [-0.1, -0.05) is 6.92 Å². The minimum atomic E-state index is 0.271. The molecule has 18 heavy (non-hydrogen) atoms. The maximum atomic E-state index is 3.69. The third-order valence-corrected chi connectivity index (χ3v) is 4.79. The number of hydrogen-bond acceptors (Lipinski definition) is 2. The van der Waals surface area contributed by atoms with Crippen LogP contribution in [0.5, 0.6) is 0 Å². The lowest BCUT2D eigenvalue weighted by molar-refractivity contribution is 0.0603. The molecule has 1 saturated heterocycles. The highest BCUT2D eigenvalue weighted by Gasteiger charge is 2.36. The molecule has 2 fully saturated rings. The second-order valence-corrected chi connectivity index (χ2v) is 7.61. The van der Waals surface area contributed by atoms with Crippen LogP contribution in [0.3, 0.4) is 0 Å². The summed E-state index contributed by atoms with van der Waals surface area (Å²) in [5, 5.41) is 3.69. The average molecular weight is 252 g/mol. The molecule has 2 heteroatoms. The lowest BCUT2D eigenvalue weighted by Gasteiger charge is -2.45. The Morgan fingerprint density at radius 2 is 1.83 bits per heavy atom. The van der Waals surface area contributed by atoms with E-state index >= 15 is 0 Å². The van der Waals surface area contributed by atoms with Gasteiger partial charge in [0.2, 0.25) is 0 Å². The average Bonchev–Trinajstić information content (AvgIpc) is 2.41. The molecule has 0 amide bonds. The molecule has 2 rings (SSSR count). The van der Waals surface area contributed by atoms with Crippen molar-refractivity contribution in [3.05, 3.63) is 0 Å². The molecule has 1 aliphatic carbocycles. The Balaban J connectivity index is 1.78. The van der Waals surface area contributed by atoms with Gasteiger partial charge in [0.25, 0.3) is 0 Å². The van der Waals surface area contributed by atoms with Crippen molar-refractivity contribution >= 4 is 0 Å². The molecule has 0 radical (unpaired) electrons. The molecular weight excluding hydrogens is 220 g/mol. The topological polar surface area (TPSA) is 15.3 Å². The van der Waals surface area contributed by atoms with Gasteiger partial charge in [0.15, 0.2) is 0 Å². The molecule has 3 atom stereocenters. The minimum absolute atomic E-state index is 0.271. The highest BCUT2D eigenvalue weighted by atomic mass is 15.2. The van der Waals surface area contributed by atoms with Crippen LogP contribution in [0.2, 0.25) is 0 Å². The maximum absolute atomic E-state index is 3.69. The molecule has 1 aliphatic heterocycles. The first-order chi connectivity index (χ1) is 8.46. The van der Waals surface area contributed by atoms with E-state index in [4.69, 9.17) is 0 Å². The molecule has 0 aromatic rings. The summed E-state index contributed by atoms with van der Waals surface area (Å²) >= 11 is 0. The number of nitrogens with zero attached hydrogens (tertiary/aromatic N) is 1. The predicted octanol–water partition coefficient (Wildman–Crippen LogP) is 3.28. The Morgan fingerprint density at radius 3 is 2.44 bits per heavy atom. The number of likely N-dealkylation sites (tertiary alicyclic amines) is 1. The second kappa shape index (κ2) is 5.92. The number of rotatable bonds is 3. The van der Waals surface area contributed by atoms with Crippen LogP contribution in [0.25, 0.3) is 0 Å². The Kier molecular flexibility index (Phi) is 4.71. The van der Waals surface area contributed by atoms with Crippen molar-refractivity contribution in [2.24, 2.45) is 11.8 Å². The summed E-state index contributed by atoms with van der Waals surface area (Å²) in [6.07, 6.45) is 7.13. The fourth-order valence-corrected chi connectivity index (χ4v) is 3.32. The molecule has 0 aromatic heterocycles. The zero-order valence-corrected chi connectivity index (χ0v) is 12.8. The Morgan fingerprint density at radius 1 is 1.06 bits per heavy atom. The van der Waals surface area contributed by atoms with Crippen LogP contribution >= 0.6 is 0 Å². The van der Waals surface area contributed by atoms with Crippen molar-refractivity contribution in [2.45, 2.75) is 71.4 Å². The molecule has 0 aromatic carbocycles. The highest BCUT2D eigenvalue weighted by Crippen LogP contribution is 2.34. The summed E-state index contributed by atoms with van der Waals surface area (Å²) in [6.45, 7) is 13.1. The van der Waals surface area contributed by atoms with Crippen molar-refractivity contribution in [1.82, 2.24) is 10.2 Å². The van der Waals surface area contributed by atoms with Gasteiger partial charge >= 0.3 is 0 Å². The Labute approximate surface area is 114 Å². The lowest BCUT2D eigenvalue weighted by Crippen LogP contribution is -2.53. The van der Waals surface area contributed by atoms with Gasteiger partial charge in [-0.15, -0.1) is 0 Å². The van der Waals surface area contributed by atoms with Crippen LogP contribution in [0.4, 0.5) is 0 Å². The molecule has 2 nitrogen and oxygen atoms in total. The largest absolute Gasteiger partial charge is 0.312 e. The molecule has 2 aliphatic rings. The zero-order chi connectivity index (χ0) is 13.2. The summed E-state index contributed by atoms with van der Waals surface area (Å²) in [6, 6.07) is 0.880. The van der Waals surface area contributed by atoms with Gasteiger partial charge in [-0.25, -0.2) is 0 Å². The fourth-order valence-electron chi connectivity index (χ4n) is 3.32. The van der Waals surface area contributed by atoms with E-state index in [-0.39, 0.29) is 5.54 Å². The van der Waals surface area contributed by atoms with Gasteiger partial charge in [0.1, 0.15) is 0 Å². The Hall–Kier alpha value is -0.0800. The monoisotopic (exact) mass is 252 g/mol. The third kappa shape index (κ3) is 3.96. The quantitative estimate of drug-likeness (QED) is 0.829. The minimum Gasteiger partial charge on any atom is -0.312 e. The van der Waals surface area contributed by atoms with Gasteiger partial charge in [-0.2, -0.15) is 0 Å². The summed E-state index contributed by atoms with van der Waals surface area (Å²) in [7, 11) is 0. The van der Waals surface area contributed by atoms with Gasteiger partial charge < -0.3 is 10.2 Å². The van der Waals surface area contributed by atoms with E-state index in [2.05, 4.69) is 37.9 Å². The van der Waals surface area contributed by atoms with E-state index in [1.165, 1.54) is 51.7 Å². The lowest BCUT2D eigenvalue weighted by atomic mass is 9.78. The summed E-state index contributed by atoms with van der Waals surface area (Å²) < 4.78 is 0. The first-order valence-corrected chi connectivity index (χ1v) is 7.95. The van der Waals surface area contributed by atoms with Crippen LogP contribution in [0, 0.1) is 11.8 Å². The van der Waals surface area contributed by atoms with Gasteiger partial charge in [-0.3, -0.25) is 0 Å². The van der Waals surface area contributed by atoms with Gasteiger partial charge in [-0.05, 0) is 84.3 Å². The van der Waals surface area contributed by atoms with E-state index in [0.717, 1.165) is 17.9 Å². The van der Waals surface area contributed by atoms with E-state index in [1.54, 1.807) is 0 Å². The molecule has 0 spiro atoms. The van der Waals surface area contributed by atoms with Crippen molar-refractivity contribution in [2.75, 3.05) is 19.6 Å². The van der Waals surface area contributed by atoms with Crippen LogP contribution in [0.1, 0.15) is 59.8 Å². The first-order valence-electron chi connectivity index (χ1n) is 7.95. The van der Waals surface area contributed by atoms with E-state index < -0.39 is 0 Å². The molecule has 1 N–H and O–H groups in total. The molecule has 0 bridgehead atoms. The predicted molar refractivity (Wildman–Crippen MR) is 78.9 cm³/mol.